The van der Waals surface area contributed by atoms with E-state index in [0.29, 0.717) is 0 Å². The van der Waals surface area contributed by atoms with Crippen LogP contribution in [0.4, 0.5) is 0 Å². The molecule has 0 bridgehead atoms. The lowest BCUT2D eigenvalue weighted by Crippen LogP contribution is -1.92. The van der Waals surface area contributed by atoms with Crippen molar-refractivity contribution in [3.8, 4) is 0 Å². The molecule has 1 nitrogen and oxygen atoms in total. The summed E-state index contributed by atoms with van der Waals surface area (Å²) in [6, 6.07) is 0. The fourth-order valence-electron chi connectivity index (χ4n) is 0. The van der Waals surface area contributed by atoms with Crippen molar-refractivity contribution in [2.45, 2.75) is 23.8 Å². The SMILES string of the molecule is C[CH2][Al]([CH3])[CH3].N. The Kier molecular flexibility index (Phi) is 8.88. The molecule has 0 unspecified atom stereocenters. The van der Waals surface area contributed by atoms with Gasteiger partial charge in [-0.3, -0.25) is 0 Å². The van der Waals surface area contributed by atoms with E-state index in [2.05, 4.69) is 18.5 Å². The normalized spacial score (nSPS) is 6.50. The molecule has 0 aliphatic rings. The largest absolute Gasteiger partial charge is 0.344 e. The summed E-state index contributed by atoms with van der Waals surface area (Å²) in [5.41, 5.74) is 0. The molecule has 0 radical (unpaired) electrons. The van der Waals surface area contributed by atoms with Crippen LogP contribution in [0.3, 0.4) is 0 Å². The predicted octanol–water partition coefficient (Wildman–Crippen LogP) is 1.92. The molecular formula is C4H14AlN. The number of hydrogen-bond donors (Lipinski definition) is 1. The van der Waals surface area contributed by atoms with Crippen LogP contribution >= 0.6 is 0 Å². The van der Waals surface area contributed by atoms with Gasteiger partial charge in [-0.25, -0.2) is 0 Å². The summed E-state index contributed by atoms with van der Waals surface area (Å²) >= 11 is -0.150. The van der Waals surface area contributed by atoms with Crippen molar-refractivity contribution in [2.24, 2.45) is 0 Å². The number of hydrogen-bond acceptors (Lipinski definition) is 1. The van der Waals surface area contributed by atoms with Crippen LogP contribution in [0.2, 0.25) is 16.9 Å². The van der Waals surface area contributed by atoms with Crippen molar-refractivity contribution < 1.29 is 0 Å². The Morgan fingerprint density at radius 3 is 1.50 bits per heavy atom. The van der Waals surface area contributed by atoms with E-state index >= 15 is 0 Å². The number of rotatable bonds is 1. The topological polar surface area (TPSA) is 35.0 Å². The van der Waals surface area contributed by atoms with Gasteiger partial charge < -0.3 is 6.15 Å². The molecule has 0 saturated heterocycles. The first kappa shape index (κ1) is 9.70. The maximum absolute atomic E-state index is 2.36. The molecule has 0 aromatic heterocycles. The van der Waals surface area contributed by atoms with Crippen LogP contribution in [-0.4, -0.2) is 14.1 Å². The van der Waals surface area contributed by atoms with Crippen LogP contribution < -0.4 is 6.15 Å². The Morgan fingerprint density at radius 2 is 1.50 bits per heavy atom. The second kappa shape index (κ2) is 5.49. The quantitative estimate of drug-likeness (QED) is 0.505. The molecule has 0 spiro atoms. The first-order valence-corrected chi connectivity index (χ1v) is 5.40. The van der Waals surface area contributed by atoms with Gasteiger partial charge in [0.05, 0.1) is 0 Å². The molecule has 0 amide bonds. The van der Waals surface area contributed by atoms with E-state index in [1.165, 1.54) is 5.28 Å². The van der Waals surface area contributed by atoms with E-state index < -0.39 is 0 Å². The van der Waals surface area contributed by atoms with E-state index in [0.717, 1.165) is 0 Å². The second-order valence-corrected chi connectivity index (χ2v) is 5.41. The maximum Gasteiger partial charge on any atom is 0.254 e. The van der Waals surface area contributed by atoms with E-state index in [9.17, 15) is 0 Å². The molecule has 0 heterocycles. The summed E-state index contributed by atoms with van der Waals surface area (Å²) in [4.78, 5) is 0. The Morgan fingerprint density at radius 1 is 1.33 bits per heavy atom. The highest BCUT2D eigenvalue weighted by Gasteiger charge is 1.91. The molecular weight excluding hydrogens is 89.0 g/mol. The van der Waals surface area contributed by atoms with Crippen LogP contribution in [0.25, 0.3) is 0 Å². The van der Waals surface area contributed by atoms with Gasteiger partial charge in [-0.15, -0.1) is 11.6 Å². The second-order valence-electron chi connectivity index (χ2n) is 1.80. The fraction of sp³-hybridized carbons (Fsp3) is 1.00. The first-order chi connectivity index (χ1) is 2.27. The summed E-state index contributed by atoms with van der Waals surface area (Å²) in [6.07, 6.45) is 0. The lowest BCUT2D eigenvalue weighted by Gasteiger charge is -1.81. The zero-order chi connectivity index (χ0) is 4.28. The minimum Gasteiger partial charge on any atom is -0.344 e. The van der Waals surface area contributed by atoms with Crippen LogP contribution in [0.15, 0.2) is 0 Å². The summed E-state index contributed by atoms with van der Waals surface area (Å²) in [5.74, 6) is 4.72. The van der Waals surface area contributed by atoms with Crippen molar-refractivity contribution in [3.63, 3.8) is 0 Å². The zero-order valence-corrected chi connectivity index (χ0v) is 6.15. The van der Waals surface area contributed by atoms with Gasteiger partial charge in [0.25, 0.3) is 14.1 Å². The van der Waals surface area contributed by atoms with Gasteiger partial charge in [-0.05, 0) is 0 Å². The fourth-order valence-corrected chi connectivity index (χ4v) is 0. The Balaban J connectivity index is 0. The third-order valence-electron chi connectivity index (χ3n) is 0.816. The highest BCUT2D eigenvalue weighted by Crippen LogP contribution is 1.83. The average molecular weight is 103 g/mol. The van der Waals surface area contributed by atoms with Gasteiger partial charge in [-0.1, -0.05) is 12.2 Å². The van der Waals surface area contributed by atoms with Crippen molar-refractivity contribution in [1.29, 1.82) is 0 Å². The monoisotopic (exact) mass is 103 g/mol. The van der Waals surface area contributed by atoms with Gasteiger partial charge in [0.2, 0.25) is 0 Å². The minimum absolute atomic E-state index is 0. The van der Waals surface area contributed by atoms with Crippen LogP contribution in [0, 0.1) is 0 Å². The summed E-state index contributed by atoms with van der Waals surface area (Å²) in [7, 11) is 0. The first-order valence-electron chi connectivity index (χ1n) is 2.27. The Hall–Kier alpha value is 0.492. The van der Waals surface area contributed by atoms with Gasteiger partial charge in [0, 0.05) is 0 Å². The van der Waals surface area contributed by atoms with E-state index in [4.69, 9.17) is 0 Å². The molecule has 2 heteroatoms. The van der Waals surface area contributed by atoms with Crippen molar-refractivity contribution in [3.05, 3.63) is 0 Å². The molecule has 0 fully saturated rings. The standard InChI is InChI=1S/C2H5.2CH3.Al.H3N/c1-2;;;;/h1H2,2H3;2*1H3;;1H3. The molecule has 0 aromatic rings. The zero-order valence-electron chi connectivity index (χ0n) is 4.99. The third-order valence-corrected chi connectivity index (χ3v) is 2.45. The third kappa shape index (κ3) is 8.82. The minimum atomic E-state index is -0.150. The van der Waals surface area contributed by atoms with E-state index in [1.807, 2.05) is 0 Å². The molecule has 38 valence electrons. The molecule has 6 heavy (non-hydrogen) atoms. The highest BCUT2D eigenvalue weighted by atomic mass is 27.2. The lowest BCUT2D eigenvalue weighted by molar-refractivity contribution is 1.41. The summed E-state index contributed by atoms with van der Waals surface area (Å²) in [6.45, 7) is 2.26. The van der Waals surface area contributed by atoms with E-state index in [1.54, 1.807) is 0 Å². The van der Waals surface area contributed by atoms with Crippen LogP contribution in [0.5, 0.6) is 0 Å². The van der Waals surface area contributed by atoms with E-state index in [-0.39, 0.29) is 20.3 Å². The summed E-state index contributed by atoms with van der Waals surface area (Å²) < 4.78 is 0. The van der Waals surface area contributed by atoms with Crippen molar-refractivity contribution >= 4 is 14.1 Å². The molecule has 0 atom stereocenters. The van der Waals surface area contributed by atoms with Crippen molar-refractivity contribution in [2.75, 3.05) is 0 Å². The Bertz CT molecular complexity index is 21.5. The molecule has 0 rings (SSSR count). The van der Waals surface area contributed by atoms with Crippen molar-refractivity contribution in [1.82, 2.24) is 6.15 Å². The molecule has 0 aliphatic carbocycles. The molecule has 0 aromatic carbocycles. The van der Waals surface area contributed by atoms with Crippen LogP contribution in [0.1, 0.15) is 6.92 Å². The molecule has 0 aliphatic heterocycles. The smallest absolute Gasteiger partial charge is 0.254 e. The maximum atomic E-state index is 2.36. The average Bonchev–Trinajstić information content (AvgIpc) is 1.38. The highest BCUT2D eigenvalue weighted by molar-refractivity contribution is 6.55. The molecule has 0 saturated carbocycles. The van der Waals surface area contributed by atoms with Crippen LogP contribution in [-0.2, 0) is 0 Å². The molecule has 3 N–H and O–H groups in total. The van der Waals surface area contributed by atoms with Gasteiger partial charge in [0.15, 0.2) is 0 Å². The Labute approximate surface area is 44.7 Å². The summed E-state index contributed by atoms with van der Waals surface area (Å²) in [5, 5.41) is 1.44. The van der Waals surface area contributed by atoms with Gasteiger partial charge in [-0.2, -0.15) is 0 Å². The predicted molar refractivity (Wildman–Crippen MR) is 33.0 cm³/mol. The van der Waals surface area contributed by atoms with Gasteiger partial charge in [0.1, 0.15) is 0 Å². The lowest BCUT2D eigenvalue weighted by atomic mass is 11.0. The van der Waals surface area contributed by atoms with Gasteiger partial charge >= 0.3 is 0 Å².